The summed E-state index contributed by atoms with van der Waals surface area (Å²) in [5.41, 5.74) is 1.04. The molecule has 2 rings (SSSR count). The molecule has 0 aliphatic carbocycles. The zero-order valence-electron chi connectivity index (χ0n) is 20.1. The van der Waals surface area contributed by atoms with Crippen LogP contribution in [0.25, 0.3) is 0 Å². The fourth-order valence-corrected chi connectivity index (χ4v) is 4.95. The van der Waals surface area contributed by atoms with E-state index in [0.29, 0.717) is 27.7 Å². The Morgan fingerprint density at radius 1 is 1.03 bits per heavy atom. The van der Waals surface area contributed by atoms with E-state index in [1.807, 2.05) is 20.8 Å². The van der Waals surface area contributed by atoms with E-state index >= 15 is 0 Å². The molecular formula is C24H30Cl2IN3O4S. The van der Waals surface area contributed by atoms with Crippen LogP contribution >= 0.6 is 45.8 Å². The molecule has 0 spiro atoms. The number of nitrogens with one attached hydrogen (secondary N) is 1. The van der Waals surface area contributed by atoms with Crippen LogP contribution in [0.2, 0.25) is 10.0 Å². The lowest BCUT2D eigenvalue weighted by Gasteiger charge is -2.33. The van der Waals surface area contributed by atoms with E-state index in [0.717, 1.165) is 20.6 Å². The van der Waals surface area contributed by atoms with Crippen LogP contribution < -0.4 is 9.62 Å². The molecule has 2 aromatic carbocycles. The monoisotopic (exact) mass is 653 g/mol. The van der Waals surface area contributed by atoms with Crippen LogP contribution in [0, 0.1) is 3.57 Å². The predicted molar refractivity (Wildman–Crippen MR) is 150 cm³/mol. The Morgan fingerprint density at radius 3 is 2.17 bits per heavy atom. The Labute approximate surface area is 231 Å². The lowest BCUT2D eigenvalue weighted by atomic mass is 10.1. The molecule has 0 aromatic heterocycles. The van der Waals surface area contributed by atoms with Crippen molar-refractivity contribution >= 4 is 73.3 Å². The van der Waals surface area contributed by atoms with Gasteiger partial charge in [-0.2, -0.15) is 0 Å². The van der Waals surface area contributed by atoms with Crippen molar-refractivity contribution in [2.24, 2.45) is 0 Å². The lowest BCUT2D eigenvalue weighted by molar-refractivity contribution is -0.140. The van der Waals surface area contributed by atoms with Gasteiger partial charge in [0, 0.05) is 16.2 Å². The number of benzene rings is 2. The average Bonchev–Trinajstić information content (AvgIpc) is 2.79. The first-order chi connectivity index (χ1) is 16.4. The fraction of sp³-hybridized carbons (Fsp3) is 0.417. The van der Waals surface area contributed by atoms with Gasteiger partial charge in [0.15, 0.2) is 0 Å². The van der Waals surface area contributed by atoms with Gasteiger partial charge in [0.25, 0.3) is 0 Å². The van der Waals surface area contributed by atoms with E-state index in [1.54, 1.807) is 42.5 Å². The zero-order chi connectivity index (χ0) is 26.3. The molecule has 0 fully saturated rings. The first kappa shape index (κ1) is 29.7. The summed E-state index contributed by atoms with van der Waals surface area (Å²) < 4.78 is 27.2. The third-order valence-electron chi connectivity index (χ3n) is 5.52. The Balaban J connectivity index is 2.45. The molecular weight excluding hydrogens is 624 g/mol. The van der Waals surface area contributed by atoms with E-state index in [2.05, 4.69) is 27.9 Å². The number of halogens is 3. The molecule has 0 bridgehead atoms. The van der Waals surface area contributed by atoms with Gasteiger partial charge in [-0.15, -0.1) is 0 Å². The smallest absolute Gasteiger partial charge is 0.244 e. The maximum Gasteiger partial charge on any atom is 0.244 e. The highest BCUT2D eigenvalue weighted by Crippen LogP contribution is 2.25. The van der Waals surface area contributed by atoms with E-state index in [1.165, 1.54) is 4.90 Å². The number of rotatable bonds is 11. The second kappa shape index (κ2) is 13.1. The van der Waals surface area contributed by atoms with Crippen molar-refractivity contribution in [1.29, 1.82) is 0 Å². The maximum absolute atomic E-state index is 13.6. The van der Waals surface area contributed by atoms with Gasteiger partial charge in [-0.25, -0.2) is 8.42 Å². The third kappa shape index (κ3) is 8.51. The molecule has 2 atom stereocenters. The van der Waals surface area contributed by atoms with Gasteiger partial charge in [0.05, 0.1) is 22.0 Å². The van der Waals surface area contributed by atoms with Crippen molar-refractivity contribution in [2.45, 2.75) is 52.2 Å². The third-order valence-corrected chi connectivity index (χ3v) is 8.12. The molecule has 11 heteroatoms. The van der Waals surface area contributed by atoms with Crippen molar-refractivity contribution < 1.29 is 18.0 Å². The molecule has 0 aliphatic rings. The summed E-state index contributed by atoms with van der Waals surface area (Å²) in [5.74, 6) is -0.804. The van der Waals surface area contributed by atoms with Crippen LogP contribution in [-0.4, -0.2) is 50.0 Å². The Morgan fingerprint density at radius 2 is 1.66 bits per heavy atom. The Kier molecular flexibility index (Phi) is 11.1. The van der Waals surface area contributed by atoms with Gasteiger partial charge in [-0.05, 0) is 84.3 Å². The van der Waals surface area contributed by atoms with Crippen molar-refractivity contribution in [3.63, 3.8) is 0 Å². The number of carbonyl (C=O) groups is 2. The SMILES string of the molecule is CC[C@H](C(=O)N[C@@H](C)CC)N(Cc1ccc(Cl)c(Cl)c1)C(=O)CN(c1ccc(I)cc1)S(C)(=O)=O. The molecule has 35 heavy (non-hydrogen) atoms. The first-order valence-electron chi connectivity index (χ1n) is 11.1. The molecule has 0 heterocycles. The van der Waals surface area contributed by atoms with Crippen LogP contribution in [-0.2, 0) is 26.2 Å². The number of amides is 2. The second-order valence-electron chi connectivity index (χ2n) is 8.26. The predicted octanol–water partition coefficient (Wildman–Crippen LogP) is 5.09. The van der Waals surface area contributed by atoms with Crippen LogP contribution in [0.1, 0.15) is 39.2 Å². The molecule has 0 unspecified atom stereocenters. The lowest BCUT2D eigenvalue weighted by Crippen LogP contribution is -2.53. The molecule has 7 nitrogen and oxygen atoms in total. The van der Waals surface area contributed by atoms with Crippen molar-refractivity contribution in [3.05, 3.63) is 61.6 Å². The minimum Gasteiger partial charge on any atom is -0.352 e. The summed E-state index contributed by atoms with van der Waals surface area (Å²) in [6.07, 6.45) is 2.13. The van der Waals surface area contributed by atoms with Gasteiger partial charge in [-0.1, -0.05) is 43.1 Å². The largest absolute Gasteiger partial charge is 0.352 e. The van der Waals surface area contributed by atoms with E-state index in [-0.39, 0.29) is 18.5 Å². The second-order valence-corrected chi connectivity index (χ2v) is 12.2. The fourth-order valence-electron chi connectivity index (χ4n) is 3.42. The molecule has 0 saturated heterocycles. The Hall–Kier alpha value is -1.56. The van der Waals surface area contributed by atoms with Gasteiger partial charge in [-0.3, -0.25) is 13.9 Å². The van der Waals surface area contributed by atoms with Gasteiger partial charge >= 0.3 is 0 Å². The van der Waals surface area contributed by atoms with Crippen LogP contribution in [0.5, 0.6) is 0 Å². The number of hydrogen-bond acceptors (Lipinski definition) is 4. The highest BCUT2D eigenvalue weighted by Gasteiger charge is 2.32. The molecule has 0 aliphatic heterocycles. The number of hydrogen-bond donors (Lipinski definition) is 1. The highest BCUT2D eigenvalue weighted by atomic mass is 127. The molecule has 192 valence electrons. The van der Waals surface area contributed by atoms with Crippen LogP contribution in [0.4, 0.5) is 5.69 Å². The van der Waals surface area contributed by atoms with E-state index in [4.69, 9.17) is 23.2 Å². The van der Waals surface area contributed by atoms with Crippen molar-refractivity contribution in [1.82, 2.24) is 10.2 Å². The van der Waals surface area contributed by atoms with Gasteiger partial charge in [0.1, 0.15) is 12.6 Å². The van der Waals surface area contributed by atoms with Crippen molar-refractivity contribution in [2.75, 3.05) is 17.1 Å². The molecule has 2 amide bonds. The molecule has 1 N–H and O–H groups in total. The standard InChI is InChI=1S/C24H30Cl2IN3O4S/c1-5-16(3)28-24(32)22(6-2)29(14-17-7-12-20(25)21(26)13-17)23(31)15-30(35(4,33)34)19-10-8-18(27)9-11-19/h7-13,16,22H,5-6,14-15H2,1-4H3,(H,28,32)/t16-,22+/m0/s1. The zero-order valence-corrected chi connectivity index (χ0v) is 24.6. The Bertz CT molecular complexity index is 1150. The minimum absolute atomic E-state index is 0.0619. The quantitative estimate of drug-likeness (QED) is 0.343. The van der Waals surface area contributed by atoms with E-state index in [9.17, 15) is 18.0 Å². The first-order valence-corrected chi connectivity index (χ1v) is 14.8. The number of carbonyl (C=O) groups excluding carboxylic acids is 2. The summed E-state index contributed by atoms with van der Waals surface area (Å²) in [6, 6.07) is 10.9. The van der Waals surface area contributed by atoms with Crippen LogP contribution in [0.15, 0.2) is 42.5 Å². The maximum atomic E-state index is 13.6. The van der Waals surface area contributed by atoms with Crippen LogP contribution in [0.3, 0.4) is 0 Å². The van der Waals surface area contributed by atoms with E-state index < -0.39 is 28.5 Å². The summed E-state index contributed by atoms with van der Waals surface area (Å²) in [5, 5.41) is 3.63. The number of anilines is 1. The highest BCUT2D eigenvalue weighted by molar-refractivity contribution is 14.1. The van der Waals surface area contributed by atoms with Crippen molar-refractivity contribution in [3.8, 4) is 0 Å². The number of sulfonamides is 1. The summed E-state index contributed by atoms with van der Waals surface area (Å²) in [6.45, 7) is 5.26. The normalized spacial score (nSPS) is 13.1. The molecule has 0 radical (unpaired) electrons. The van der Waals surface area contributed by atoms with Gasteiger partial charge < -0.3 is 10.2 Å². The van der Waals surface area contributed by atoms with Gasteiger partial charge in [0.2, 0.25) is 21.8 Å². The summed E-state index contributed by atoms with van der Waals surface area (Å²) in [4.78, 5) is 28.1. The topological polar surface area (TPSA) is 86.8 Å². The minimum atomic E-state index is -3.78. The molecule has 0 saturated carbocycles. The summed E-state index contributed by atoms with van der Waals surface area (Å²) in [7, 11) is -3.78. The summed E-state index contributed by atoms with van der Waals surface area (Å²) >= 11 is 14.3. The number of nitrogens with zero attached hydrogens (tertiary/aromatic N) is 2. The molecule has 2 aromatic rings. The average molecular weight is 654 g/mol.